The number of carboxylic acids is 1. The molecule has 1 heterocycles. The van der Waals surface area contributed by atoms with E-state index < -0.39 is 5.97 Å². The lowest BCUT2D eigenvalue weighted by Crippen LogP contribution is -2.34. The molecule has 25 heavy (non-hydrogen) atoms. The van der Waals surface area contributed by atoms with Crippen molar-refractivity contribution in [2.75, 3.05) is 5.32 Å². The number of thiocarbonyl (C=S) groups is 1. The molecule has 1 aromatic heterocycles. The molecule has 132 valence electrons. The molecule has 2 rings (SSSR count). The van der Waals surface area contributed by atoms with Gasteiger partial charge in [0.2, 0.25) is 11.7 Å². The van der Waals surface area contributed by atoms with Gasteiger partial charge in [-0.05, 0) is 54.9 Å². The SMILES string of the molecule is Cc1ccc(-c2ccc(C(=O)O)o2)c(NC(=S)NC(=O)CC(C)C)c1. The summed E-state index contributed by atoms with van der Waals surface area (Å²) >= 11 is 5.20. The van der Waals surface area contributed by atoms with Gasteiger partial charge in [0.05, 0.1) is 5.69 Å². The number of carbonyl (C=O) groups is 2. The van der Waals surface area contributed by atoms with Crippen LogP contribution in [-0.4, -0.2) is 22.1 Å². The van der Waals surface area contributed by atoms with Gasteiger partial charge >= 0.3 is 5.97 Å². The fourth-order valence-electron chi connectivity index (χ4n) is 2.28. The van der Waals surface area contributed by atoms with E-state index in [0.29, 0.717) is 23.4 Å². The molecule has 6 nitrogen and oxygen atoms in total. The molecule has 0 aliphatic carbocycles. The Morgan fingerprint density at radius 3 is 2.56 bits per heavy atom. The lowest BCUT2D eigenvalue weighted by Gasteiger charge is -2.14. The highest BCUT2D eigenvalue weighted by Gasteiger charge is 2.15. The zero-order valence-corrected chi connectivity index (χ0v) is 15.1. The molecule has 0 aliphatic heterocycles. The number of amides is 1. The Kier molecular flexibility index (Phi) is 5.93. The molecule has 0 aliphatic rings. The maximum absolute atomic E-state index is 11.8. The van der Waals surface area contributed by atoms with E-state index >= 15 is 0 Å². The number of hydrogen-bond donors (Lipinski definition) is 3. The second-order valence-electron chi connectivity index (χ2n) is 6.12. The summed E-state index contributed by atoms with van der Waals surface area (Å²) in [5.41, 5.74) is 2.26. The minimum atomic E-state index is -1.13. The molecule has 0 radical (unpaired) electrons. The fourth-order valence-corrected chi connectivity index (χ4v) is 2.50. The molecular formula is C18H20N2O4S. The van der Waals surface area contributed by atoms with Gasteiger partial charge in [-0.1, -0.05) is 19.9 Å². The van der Waals surface area contributed by atoms with Crippen LogP contribution >= 0.6 is 12.2 Å². The monoisotopic (exact) mass is 360 g/mol. The Balaban J connectivity index is 2.22. The number of rotatable bonds is 5. The van der Waals surface area contributed by atoms with Crippen molar-refractivity contribution in [3.05, 3.63) is 41.7 Å². The van der Waals surface area contributed by atoms with Crippen LogP contribution in [0, 0.1) is 12.8 Å². The average Bonchev–Trinajstić information content (AvgIpc) is 2.95. The van der Waals surface area contributed by atoms with Gasteiger partial charge in [0.25, 0.3) is 0 Å². The Morgan fingerprint density at radius 1 is 1.24 bits per heavy atom. The first-order valence-corrected chi connectivity index (χ1v) is 8.22. The molecule has 0 saturated heterocycles. The van der Waals surface area contributed by atoms with Crippen molar-refractivity contribution in [3.63, 3.8) is 0 Å². The number of furan rings is 1. The number of aryl methyl sites for hydroxylation is 1. The minimum Gasteiger partial charge on any atom is -0.475 e. The maximum Gasteiger partial charge on any atom is 0.371 e. The van der Waals surface area contributed by atoms with Crippen molar-refractivity contribution in [3.8, 4) is 11.3 Å². The standard InChI is InChI=1S/C18H20N2O4S/c1-10(2)8-16(21)20-18(25)19-13-9-11(3)4-5-12(13)14-6-7-15(24-14)17(22)23/h4-7,9-10H,8H2,1-3H3,(H,22,23)(H2,19,20,21,25). The maximum atomic E-state index is 11.8. The van der Waals surface area contributed by atoms with Crippen molar-refractivity contribution in [2.24, 2.45) is 5.92 Å². The third kappa shape index (κ3) is 5.15. The molecule has 3 N–H and O–H groups in total. The first-order valence-electron chi connectivity index (χ1n) is 7.81. The van der Waals surface area contributed by atoms with Gasteiger partial charge in [0.1, 0.15) is 5.76 Å². The minimum absolute atomic E-state index is 0.144. The molecule has 0 fully saturated rings. The summed E-state index contributed by atoms with van der Waals surface area (Å²) in [5.74, 6) is -0.808. The highest BCUT2D eigenvalue weighted by atomic mass is 32.1. The van der Waals surface area contributed by atoms with Gasteiger partial charge in [0.15, 0.2) is 5.11 Å². The first kappa shape index (κ1) is 18.7. The molecular weight excluding hydrogens is 340 g/mol. The van der Waals surface area contributed by atoms with Crippen LogP contribution in [0.4, 0.5) is 5.69 Å². The van der Waals surface area contributed by atoms with E-state index in [0.717, 1.165) is 5.56 Å². The summed E-state index contributed by atoms with van der Waals surface area (Å²) in [7, 11) is 0. The van der Waals surface area contributed by atoms with Gasteiger partial charge in [-0.2, -0.15) is 0 Å². The molecule has 0 unspecified atom stereocenters. The van der Waals surface area contributed by atoms with Crippen LogP contribution in [0.5, 0.6) is 0 Å². The van der Waals surface area contributed by atoms with Crippen LogP contribution in [0.3, 0.4) is 0 Å². The number of carboxylic acid groups (broad SMARTS) is 1. The van der Waals surface area contributed by atoms with Crippen molar-refractivity contribution >= 4 is 34.9 Å². The number of aromatic carboxylic acids is 1. The second kappa shape index (κ2) is 7.94. The predicted molar refractivity (Wildman–Crippen MR) is 99.7 cm³/mol. The number of benzene rings is 1. The van der Waals surface area contributed by atoms with E-state index in [4.69, 9.17) is 21.7 Å². The third-order valence-electron chi connectivity index (χ3n) is 3.35. The van der Waals surface area contributed by atoms with Crippen LogP contribution < -0.4 is 10.6 Å². The van der Waals surface area contributed by atoms with Gasteiger partial charge in [-0.25, -0.2) is 4.79 Å². The molecule has 0 atom stereocenters. The lowest BCUT2D eigenvalue weighted by atomic mass is 10.1. The van der Waals surface area contributed by atoms with Crippen molar-refractivity contribution in [2.45, 2.75) is 27.2 Å². The van der Waals surface area contributed by atoms with Gasteiger partial charge in [-0.3, -0.25) is 4.79 Å². The highest BCUT2D eigenvalue weighted by molar-refractivity contribution is 7.80. The van der Waals surface area contributed by atoms with Crippen LogP contribution in [0.1, 0.15) is 36.4 Å². The summed E-state index contributed by atoms with van der Waals surface area (Å²) in [5, 5.41) is 14.8. The Hall–Kier alpha value is -2.67. The number of anilines is 1. The molecule has 0 saturated carbocycles. The summed E-state index contributed by atoms with van der Waals surface area (Å²) in [6.07, 6.45) is 0.378. The summed E-state index contributed by atoms with van der Waals surface area (Å²) in [6.45, 7) is 5.82. The zero-order chi connectivity index (χ0) is 18.6. The van der Waals surface area contributed by atoms with Crippen molar-refractivity contribution < 1.29 is 19.1 Å². The zero-order valence-electron chi connectivity index (χ0n) is 14.3. The van der Waals surface area contributed by atoms with Crippen LogP contribution in [0.2, 0.25) is 0 Å². The van der Waals surface area contributed by atoms with Gasteiger partial charge < -0.3 is 20.2 Å². The van der Waals surface area contributed by atoms with E-state index in [1.165, 1.54) is 6.07 Å². The Bertz CT molecular complexity index is 811. The van der Waals surface area contributed by atoms with Crippen LogP contribution in [0.15, 0.2) is 34.7 Å². The second-order valence-corrected chi connectivity index (χ2v) is 6.53. The normalized spacial score (nSPS) is 10.6. The van der Waals surface area contributed by atoms with E-state index in [1.54, 1.807) is 12.1 Å². The topological polar surface area (TPSA) is 91.6 Å². The largest absolute Gasteiger partial charge is 0.475 e. The molecule has 0 spiro atoms. The Morgan fingerprint density at radius 2 is 1.96 bits per heavy atom. The molecule has 1 aromatic carbocycles. The first-order chi connectivity index (χ1) is 11.8. The average molecular weight is 360 g/mol. The predicted octanol–water partition coefficient (Wildman–Crippen LogP) is 3.81. The third-order valence-corrected chi connectivity index (χ3v) is 3.56. The summed E-state index contributed by atoms with van der Waals surface area (Å²) in [6, 6.07) is 8.51. The molecule has 1 amide bonds. The Labute approximate surface area is 151 Å². The number of hydrogen-bond acceptors (Lipinski definition) is 4. The highest BCUT2D eigenvalue weighted by Crippen LogP contribution is 2.30. The fraction of sp³-hybridized carbons (Fsp3) is 0.278. The van der Waals surface area contributed by atoms with Crippen LogP contribution in [0.25, 0.3) is 11.3 Å². The lowest BCUT2D eigenvalue weighted by molar-refractivity contribution is -0.120. The van der Waals surface area contributed by atoms with Crippen molar-refractivity contribution in [1.29, 1.82) is 0 Å². The molecule has 2 aromatic rings. The molecule has 7 heteroatoms. The summed E-state index contributed by atoms with van der Waals surface area (Å²) < 4.78 is 5.36. The van der Waals surface area contributed by atoms with E-state index in [9.17, 15) is 9.59 Å². The number of carbonyl (C=O) groups excluding carboxylic acids is 1. The molecule has 0 bridgehead atoms. The van der Waals surface area contributed by atoms with E-state index in [-0.39, 0.29) is 22.7 Å². The quantitative estimate of drug-likeness (QED) is 0.702. The van der Waals surface area contributed by atoms with Crippen LogP contribution in [-0.2, 0) is 4.79 Å². The van der Waals surface area contributed by atoms with Gasteiger partial charge in [-0.15, -0.1) is 0 Å². The van der Waals surface area contributed by atoms with Gasteiger partial charge in [0, 0.05) is 12.0 Å². The van der Waals surface area contributed by atoms with E-state index in [2.05, 4.69) is 10.6 Å². The number of nitrogens with one attached hydrogen (secondary N) is 2. The smallest absolute Gasteiger partial charge is 0.371 e. The van der Waals surface area contributed by atoms with Crippen molar-refractivity contribution in [1.82, 2.24) is 5.32 Å². The van der Waals surface area contributed by atoms with E-state index in [1.807, 2.05) is 32.9 Å². The summed E-state index contributed by atoms with van der Waals surface area (Å²) in [4.78, 5) is 22.8.